The van der Waals surface area contributed by atoms with Gasteiger partial charge in [-0.05, 0) is 48.4 Å². The highest BCUT2D eigenvalue weighted by Crippen LogP contribution is 2.46. The molecule has 186 valence electrons. The van der Waals surface area contributed by atoms with Crippen LogP contribution in [0.4, 0.5) is 5.69 Å². The van der Waals surface area contributed by atoms with Crippen LogP contribution in [0.15, 0.2) is 76.3 Å². The number of hydrogen-bond donors (Lipinski definition) is 2. The summed E-state index contributed by atoms with van der Waals surface area (Å²) < 4.78 is 10.0. The van der Waals surface area contributed by atoms with E-state index in [1.54, 1.807) is 19.2 Å². The van der Waals surface area contributed by atoms with Crippen molar-refractivity contribution < 1.29 is 9.84 Å². The molecule has 0 bridgehead atoms. The fourth-order valence-corrected chi connectivity index (χ4v) is 5.42. The summed E-state index contributed by atoms with van der Waals surface area (Å²) in [5.41, 5.74) is 5.68. The number of aromatic hydroxyl groups is 1. The summed E-state index contributed by atoms with van der Waals surface area (Å²) in [6, 6.07) is 20.7. The van der Waals surface area contributed by atoms with Crippen molar-refractivity contribution in [3.63, 3.8) is 0 Å². The molecule has 5 aromatic rings. The molecule has 0 saturated heterocycles. The van der Waals surface area contributed by atoms with Crippen molar-refractivity contribution in [3.05, 3.63) is 104 Å². The van der Waals surface area contributed by atoms with Crippen LogP contribution >= 0.6 is 0 Å². The molecule has 3 aromatic carbocycles. The van der Waals surface area contributed by atoms with E-state index >= 15 is 0 Å². The van der Waals surface area contributed by atoms with Gasteiger partial charge in [0.05, 0.1) is 46.8 Å². The van der Waals surface area contributed by atoms with Gasteiger partial charge >= 0.3 is 5.69 Å². The Kier molecular flexibility index (Phi) is 5.01. The minimum absolute atomic E-state index is 0.00628. The zero-order valence-corrected chi connectivity index (χ0v) is 20.9. The molecular weight excluding hydrogens is 468 g/mol. The molecule has 2 N–H and O–H groups in total. The van der Waals surface area contributed by atoms with Crippen molar-refractivity contribution in [1.29, 1.82) is 0 Å². The number of aryl methyl sites for hydroxylation is 2. The number of para-hydroxylation sites is 2. The lowest BCUT2D eigenvalue weighted by Gasteiger charge is -2.31. The molecule has 0 fully saturated rings. The first-order valence-corrected chi connectivity index (χ1v) is 12.0. The van der Waals surface area contributed by atoms with E-state index in [-0.39, 0.29) is 11.3 Å². The number of nitrogens with one attached hydrogen (secondary N) is 1. The largest absolute Gasteiger partial charge is 0.504 e. The predicted octanol–water partition coefficient (Wildman–Crippen LogP) is 4.23. The highest BCUT2D eigenvalue weighted by molar-refractivity contribution is 5.99. The van der Waals surface area contributed by atoms with Crippen molar-refractivity contribution >= 4 is 16.6 Å². The summed E-state index contributed by atoms with van der Waals surface area (Å²) in [4.78, 5) is 26.9. The number of fused-ring (bicyclic) bond motifs is 5. The van der Waals surface area contributed by atoms with Crippen LogP contribution in [0.5, 0.6) is 11.5 Å². The first-order chi connectivity index (χ1) is 17.8. The summed E-state index contributed by atoms with van der Waals surface area (Å²) in [5, 5.41) is 14.7. The third-order valence-electron chi connectivity index (χ3n) is 7.15. The van der Waals surface area contributed by atoms with Gasteiger partial charge in [-0.2, -0.15) is 0 Å². The van der Waals surface area contributed by atoms with E-state index < -0.39 is 11.7 Å². The Hall–Kier alpha value is -4.72. The summed E-state index contributed by atoms with van der Waals surface area (Å²) in [6.45, 7) is 2.01. The van der Waals surface area contributed by atoms with Gasteiger partial charge < -0.3 is 19.7 Å². The van der Waals surface area contributed by atoms with Gasteiger partial charge in [0.25, 0.3) is 5.56 Å². The number of phenolic OH excluding ortho intramolecular Hbond substituents is 1. The quantitative estimate of drug-likeness (QED) is 0.392. The van der Waals surface area contributed by atoms with Gasteiger partial charge in [-0.25, -0.2) is 4.79 Å². The van der Waals surface area contributed by atoms with Crippen molar-refractivity contribution in [2.24, 2.45) is 14.1 Å². The fourth-order valence-electron chi connectivity index (χ4n) is 5.42. The first kappa shape index (κ1) is 22.7. The van der Waals surface area contributed by atoms with E-state index in [9.17, 15) is 14.7 Å². The molecule has 2 aromatic heterocycles. The number of rotatable bonds is 3. The average Bonchev–Trinajstić information content (AvgIpc) is 3.27. The van der Waals surface area contributed by atoms with Crippen LogP contribution in [0.2, 0.25) is 0 Å². The molecule has 37 heavy (non-hydrogen) atoms. The van der Waals surface area contributed by atoms with Crippen LogP contribution in [0.1, 0.15) is 22.9 Å². The molecule has 0 aliphatic carbocycles. The second kappa shape index (κ2) is 8.16. The Balaban J connectivity index is 1.83. The minimum Gasteiger partial charge on any atom is -0.504 e. The standard InChI is InChI=1S/C29H26N4O4/c1-16-8-7-9-18(14-16)25-23-26(31(2)29(36)32(3)28(23)35)27-24(17-12-13-22(37-4)21(34)15-17)30-19-10-5-6-11-20(19)33(25)27/h5-15,24,30,34H,1-4H3/t24-/m1/s1. The number of aromatic nitrogens is 3. The topological polar surface area (TPSA) is 90.4 Å². The number of benzene rings is 3. The summed E-state index contributed by atoms with van der Waals surface area (Å²) in [5.74, 6) is 0.369. The van der Waals surface area contributed by atoms with E-state index in [2.05, 4.69) is 9.88 Å². The molecule has 8 heteroatoms. The molecule has 0 amide bonds. The average molecular weight is 495 g/mol. The SMILES string of the molecule is COc1ccc([C@H]2Nc3ccccc3-n3c(-c4cccc(C)c4)c4c(=O)n(C)c(=O)n(C)c4c32)cc1O. The number of anilines is 1. The molecule has 3 heterocycles. The molecule has 8 nitrogen and oxygen atoms in total. The van der Waals surface area contributed by atoms with Crippen LogP contribution < -0.4 is 21.3 Å². The molecule has 0 radical (unpaired) electrons. The predicted molar refractivity (Wildman–Crippen MR) is 144 cm³/mol. The zero-order valence-electron chi connectivity index (χ0n) is 20.9. The molecule has 1 aliphatic heterocycles. The van der Waals surface area contributed by atoms with E-state index in [0.29, 0.717) is 16.7 Å². The third kappa shape index (κ3) is 3.22. The minimum atomic E-state index is -0.467. The van der Waals surface area contributed by atoms with Crippen molar-refractivity contribution in [2.75, 3.05) is 12.4 Å². The maximum absolute atomic E-state index is 13.8. The van der Waals surface area contributed by atoms with Crippen molar-refractivity contribution in [2.45, 2.75) is 13.0 Å². The van der Waals surface area contributed by atoms with Gasteiger partial charge in [0.1, 0.15) is 0 Å². The molecule has 1 atom stereocenters. The Bertz CT molecular complexity index is 1840. The maximum atomic E-state index is 13.8. The molecule has 1 aliphatic rings. The van der Waals surface area contributed by atoms with E-state index in [0.717, 1.165) is 44.0 Å². The molecular formula is C29H26N4O4. The lowest BCUT2D eigenvalue weighted by atomic mass is 9.99. The van der Waals surface area contributed by atoms with Gasteiger partial charge in [-0.15, -0.1) is 0 Å². The Morgan fingerprint density at radius 3 is 2.46 bits per heavy atom. The van der Waals surface area contributed by atoms with Gasteiger partial charge in [-0.1, -0.05) is 42.0 Å². The lowest BCUT2D eigenvalue weighted by molar-refractivity contribution is 0.373. The van der Waals surface area contributed by atoms with E-state index in [1.165, 1.54) is 18.7 Å². The molecule has 0 saturated carbocycles. The number of ether oxygens (including phenoxy) is 1. The van der Waals surface area contributed by atoms with Crippen LogP contribution in [0, 0.1) is 6.92 Å². The first-order valence-electron chi connectivity index (χ1n) is 12.0. The number of nitrogens with zero attached hydrogens (tertiary/aromatic N) is 3. The van der Waals surface area contributed by atoms with Crippen LogP contribution in [-0.4, -0.2) is 25.9 Å². The van der Waals surface area contributed by atoms with Crippen molar-refractivity contribution in [1.82, 2.24) is 13.7 Å². The highest BCUT2D eigenvalue weighted by Gasteiger charge is 2.35. The van der Waals surface area contributed by atoms with Crippen LogP contribution in [-0.2, 0) is 14.1 Å². The maximum Gasteiger partial charge on any atom is 0.331 e. The van der Waals surface area contributed by atoms with Crippen molar-refractivity contribution in [3.8, 4) is 28.4 Å². The van der Waals surface area contributed by atoms with Gasteiger partial charge in [-0.3, -0.25) is 13.9 Å². The summed E-state index contributed by atoms with van der Waals surface area (Å²) in [6.07, 6.45) is 0. The van der Waals surface area contributed by atoms with E-state index in [4.69, 9.17) is 4.74 Å². The molecule has 0 unspecified atom stereocenters. The third-order valence-corrected chi connectivity index (χ3v) is 7.15. The smallest absolute Gasteiger partial charge is 0.331 e. The van der Waals surface area contributed by atoms with Gasteiger partial charge in [0, 0.05) is 14.1 Å². The number of hydrogen-bond acceptors (Lipinski definition) is 5. The fraction of sp³-hybridized carbons (Fsp3) is 0.172. The number of phenols is 1. The Morgan fingerprint density at radius 1 is 0.946 bits per heavy atom. The molecule has 6 rings (SSSR count). The number of methoxy groups -OCH3 is 1. The van der Waals surface area contributed by atoms with Crippen LogP contribution in [0.3, 0.4) is 0 Å². The Morgan fingerprint density at radius 2 is 1.73 bits per heavy atom. The highest BCUT2D eigenvalue weighted by atomic mass is 16.5. The van der Waals surface area contributed by atoms with Gasteiger partial charge in [0.15, 0.2) is 11.5 Å². The molecule has 0 spiro atoms. The van der Waals surface area contributed by atoms with E-state index in [1.807, 2.05) is 61.5 Å². The van der Waals surface area contributed by atoms with Crippen LogP contribution in [0.25, 0.3) is 27.8 Å². The summed E-state index contributed by atoms with van der Waals surface area (Å²) >= 11 is 0. The Labute approximate surface area is 212 Å². The normalized spacial score (nSPS) is 14.2. The monoisotopic (exact) mass is 494 g/mol. The van der Waals surface area contributed by atoms with Gasteiger partial charge in [0.2, 0.25) is 0 Å². The zero-order chi connectivity index (χ0) is 26.0. The second-order valence-electron chi connectivity index (χ2n) is 9.39. The summed E-state index contributed by atoms with van der Waals surface area (Å²) in [7, 11) is 4.70. The second-order valence-corrected chi connectivity index (χ2v) is 9.39. The lowest BCUT2D eigenvalue weighted by Crippen LogP contribution is -2.37.